The quantitative estimate of drug-likeness (QED) is 0.413. The van der Waals surface area contributed by atoms with Gasteiger partial charge in [-0.15, -0.1) is 0 Å². The van der Waals surface area contributed by atoms with Gasteiger partial charge in [0.05, 0.1) is 0 Å². The third-order valence-corrected chi connectivity index (χ3v) is 8.41. The average Bonchev–Trinajstić information content (AvgIpc) is 2.62. The molecule has 2 heteroatoms. The van der Waals surface area contributed by atoms with Gasteiger partial charge >= 0.3 is 0 Å². The second kappa shape index (κ2) is 9.52. The Bertz CT molecular complexity index is 454. The van der Waals surface area contributed by atoms with E-state index in [-0.39, 0.29) is 15.6 Å². The Morgan fingerprint density at radius 3 is 2.04 bits per heavy atom. The van der Waals surface area contributed by atoms with E-state index in [0.29, 0.717) is 5.78 Å². The number of Topliss-reactive ketones (excluding diaryl/α,β-unsaturated/α-hetero) is 1. The van der Waals surface area contributed by atoms with Crippen LogP contribution in [0.2, 0.25) is 0 Å². The highest BCUT2D eigenvalue weighted by molar-refractivity contribution is 7.98. The van der Waals surface area contributed by atoms with Gasteiger partial charge in [-0.3, -0.25) is 4.79 Å². The summed E-state index contributed by atoms with van der Waals surface area (Å²) < 4.78 is -0.0516. The van der Waals surface area contributed by atoms with E-state index in [9.17, 15) is 4.79 Å². The van der Waals surface area contributed by atoms with Crippen molar-refractivity contribution in [3.8, 4) is 0 Å². The van der Waals surface area contributed by atoms with Crippen molar-refractivity contribution in [3.05, 3.63) is 35.9 Å². The Labute approximate surface area is 145 Å². The maximum atomic E-state index is 13.5. The highest BCUT2D eigenvalue weighted by Gasteiger charge is 2.53. The van der Waals surface area contributed by atoms with Gasteiger partial charge in [0, 0.05) is 29.3 Å². The third-order valence-electron chi connectivity index (χ3n) is 5.15. The van der Waals surface area contributed by atoms with Crippen LogP contribution < -0.4 is 0 Å². The number of benzene rings is 1. The van der Waals surface area contributed by atoms with Gasteiger partial charge in [0.25, 0.3) is 0 Å². The molecule has 1 aromatic carbocycles. The summed E-state index contributed by atoms with van der Waals surface area (Å²) in [4.78, 5) is 13.5. The topological polar surface area (TPSA) is 17.1 Å². The lowest BCUT2D eigenvalue weighted by atomic mass is 9.83. The second-order valence-corrected chi connectivity index (χ2v) is 9.44. The number of hydrogen-bond acceptors (Lipinski definition) is 1. The third kappa shape index (κ3) is 4.62. The van der Waals surface area contributed by atoms with Crippen LogP contribution in [0, 0.1) is 0 Å². The van der Waals surface area contributed by atoms with Crippen molar-refractivity contribution in [3.63, 3.8) is 0 Å². The van der Waals surface area contributed by atoms with E-state index >= 15 is 0 Å². The van der Waals surface area contributed by atoms with Gasteiger partial charge in [0.2, 0.25) is 5.78 Å². The van der Waals surface area contributed by atoms with Crippen LogP contribution in [-0.4, -0.2) is 22.0 Å². The zero-order valence-electron chi connectivity index (χ0n) is 15.0. The minimum absolute atomic E-state index is 0.0516. The maximum Gasteiger partial charge on any atom is 0.217 e. The van der Waals surface area contributed by atoms with Crippen molar-refractivity contribution in [2.75, 3.05) is 11.5 Å². The fraction of sp³-hybridized carbons (Fsp3) is 0.667. The average molecular weight is 334 g/mol. The van der Waals surface area contributed by atoms with Crippen molar-refractivity contribution in [1.29, 1.82) is 0 Å². The van der Waals surface area contributed by atoms with E-state index in [1.165, 1.54) is 56.5 Å². The number of unbranched alkanes of at least 4 members (excludes halogenated alkanes) is 2. The smallest absolute Gasteiger partial charge is 0.217 e. The van der Waals surface area contributed by atoms with Gasteiger partial charge in [0.15, 0.2) is 4.75 Å². The lowest BCUT2D eigenvalue weighted by molar-refractivity contribution is 0.0916. The predicted molar refractivity (Wildman–Crippen MR) is 104 cm³/mol. The van der Waals surface area contributed by atoms with Crippen molar-refractivity contribution in [2.45, 2.75) is 76.4 Å². The van der Waals surface area contributed by atoms with E-state index in [1.54, 1.807) is 0 Å². The van der Waals surface area contributed by atoms with Crippen molar-refractivity contribution in [1.82, 2.24) is 0 Å². The van der Waals surface area contributed by atoms with Crippen LogP contribution in [0.25, 0.3) is 0 Å². The fourth-order valence-electron chi connectivity index (χ4n) is 3.75. The van der Waals surface area contributed by atoms with Crippen molar-refractivity contribution in [2.24, 2.45) is 0 Å². The molecular formula is C21H33OS+. The lowest BCUT2D eigenvalue weighted by Gasteiger charge is -2.35. The van der Waals surface area contributed by atoms with Gasteiger partial charge < -0.3 is 0 Å². The first-order chi connectivity index (χ1) is 11.2. The molecule has 1 aliphatic carbocycles. The molecule has 0 bridgehead atoms. The van der Waals surface area contributed by atoms with Gasteiger partial charge in [-0.1, -0.05) is 63.4 Å². The zero-order chi connectivity index (χ0) is 16.5. The van der Waals surface area contributed by atoms with Gasteiger partial charge in [-0.25, -0.2) is 0 Å². The summed E-state index contributed by atoms with van der Waals surface area (Å²) in [6, 6.07) is 10.1. The molecule has 1 fully saturated rings. The van der Waals surface area contributed by atoms with Gasteiger partial charge in [0.1, 0.15) is 11.5 Å². The summed E-state index contributed by atoms with van der Waals surface area (Å²) in [5.41, 5.74) is 0.944. The van der Waals surface area contributed by atoms with E-state index in [4.69, 9.17) is 0 Å². The minimum atomic E-state index is -0.0516. The molecule has 1 aliphatic rings. The summed E-state index contributed by atoms with van der Waals surface area (Å²) in [6.07, 6.45) is 11.1. The lowest BCUT2D eigenvalue weighted by Crippen LogP contribution is -2.50. The van der Waals surface area contributed by atoms with Gasteiger partial charge in [-0.05, 0) is 25.7 Å². The Morgan fingerprint density at radius 1 is 0.957 bits per heavy atom. The summed E-state index contributed by atoms with van der Waals surface area (Å²) in [5.74, 6) is 2.97. The number of carbonyl (C=O) groups is 1. The molecule has 0 atom stereocenters. The molecule has 23 heavy (non-hydrogen) atoms. The molecule has 1 nitrogen and oxygen atoms in total. The monoisotopic (exact) mass is 333 g/mol. The molecular weight excluding hydrogens is 300 g/mol. The Hall–Kier alpha value is -0.760. The molecule has 2 rings (SSSR count). The largest absolute Gasteiger partial charge is 0.288 e. The van der Waals surface area contributed by atoms with Crippen LogP contribution in [0.3, 0.4) is 0 Å². The maximum absolute atomic E-state index is 13.5. The first kappa shape index (κ1) is 18.6. The Balaban J connectivity index is 2.29. The summed E-state index contributed by atoms with van der Waals surface area (Å²) >= 11 is 0. The normalized spacial score (nSPS) is 17.3. The Morgan fingerprint density at radius 2 is 1.52 bits per heavy atom. The van der Waals surface area contributed by atoms with Crippen LogP contribution in [0.15, 0.2) is 30.3 Å². The number of ketones is 1. The second-order valence-electron chi connectivity index (χ2n) is 6.86. The SMILES string of the molecule is CCCC[S+](CCCC)C1(C(=O)c2ccccc2)CCCCC1. The molecule has 0 amide bonds. The molecule has 0 aliphatic heterocycles. The number of carbonyl (C=O) groups excluding carboxylic acids is 1. The van der Waals surface area contributed by atoms with Crippen molar-refractivity contribution < 1.29 is 4.79 Å². The molecule has 0 N–H and O–H groups in total. The van der Waals surface area contributed by atoms with E-state index in [0.717, 1.165) is 18.4 Å². The summed E-state index contributed by atoms with van der Waals surface area (Å²) in [5, 5.41) is 0. The standard InChI is InChI=1S/C21H33OS/c1-3-5-17-23(18-6-4-2)21(15-11-8-12-16-21)20(22)19-13-9-7-10-14-19/h7,9-10,13-14H,3-6,8,11-12,15-18H2,1-2H3/q+1. The summed E-state index contributed by atoms with van der Waals surface area (Å²) in [6.45, 7) is 4.54. The first-order valence-corrected chi connectivity index (χ1v) is 11.1. The van der Waals surface area contributed by atoms with Crippen molar-refractivity contribution >= 4 is 16.7 Å². The van der Waals surface area contributed by atoms with Crippen LogP contribution in [0.1, 0.15) is 82.0 Å². The zero-order valence-corrected chi connectivity index (χ0v) is 15.8. The molecule has 0 unspecified atom stereocenters. The van der Waals surface area contributed by atoms with Crippen LogP contribution in [0.4, 0.5) is 0 Å². The molecule has 1 saturated carbocycles. The molecule has 128 valence electrons. The number of hydrogen-bond donors (Lipinski definition) is 0. The minimum Gasteiger partial charge on any atom is -0.288 e. The molecule has 1 aromatic rings. The van der Waals surface area contributed by atoms with E-state index < -0.39 is 0 Å². The predicted octanol–water partition coefficient (Wildman–Crippen LogP) is 5.79. The number of rotatable bonds is 9. The molecule has 0 saturated heterocycles. The van der Waals surface area contributed by atoms with Gasteiger partial charge in [-0.2, -0.15) is 0 Å². The highest BCUT2D eigenvalue weighted by Crippen LogP contribution is 2.40. The Kier molecular flexibility index (Phi) is 7.69. The van der Waals surface area contributed by atoms with Crippen LogP contribution in [-0.2, 0) is 10.9 Å². The molecule has 0 heterocycles. The van der Waals surface area contributed by atoms with E-state index in [2.05, 4.69) is 13.8 Å². The highest BCUT2D eigenvalue weighted by atomic mass is 32.2. The molecule has 0 aromatic heterocycles. The first-order valence-electron chi connectivity index (χ1n) is 9.52. The van der Waals surface area contributed by atoms with Crippen LogP contribution >= 0.6 is 0 Å². The van der Waals surface area contributed by atoms with E-state index in [1.807, 2.05) is 30.3 Å². The molecule has 0 radical (unpaired) electrons. The summed E-state index contributed by atoms with van der Waals surface area (Å²) in [7, 11) is 0.251. The van der Waals surface area contributed by atoms with Crippen LogP contribution in [0.5, 0.6) is 0 Å². The fourth-order valence-corrected chi connectivity index (χ4v) is 7.26. The molecule has 0 spiro atoms.